The number of carbonyl (C=O) groups excluding carboxylic acids is 1. The molecular weight excluding hydrogens is 362 g/mol. The number of rotatable bonds is 3. The first-order chi connectivity index (χ1) is 11.9. The predicted molar refractivity (Wildman–Crippen MR) is 99.8 cm³/mol. The van der Waals surface area contributed by atoms with Gasteiger partial charge in [-0.3, -0.25) is 9.10 Å². The molecule has 2 saturated heterocycles. The standard InChI is InChI=1S/C17H24ClN3O3S/c1-2-19-8-10-20(11-9-19)17(22)15-6-5-14(13-16(15)18)21-7-3-4-12-25(21,23)24/h5-6,13H,2-4,7-12H2,1H3. The average molecular weight is 386 g/mol. The van der Waals surface area contributed by atoms with Gasteiger partial charge in [-0.15, -0.1) is 0 Å². The summed E-state index contributed by atoms with van der Waals surface area (Å²) in [6, 6.07) is 4.93. The normalized spacial score (nSPS) is 21.4. The highest BCUT2D eigenvalue weighted by molar-refractivity contribution is 7.92. The van der Waals surface area contributed by atoms with Crippen LogP contribution in [0.25, 0.3) is 0 Å². The third-order valence-corrected chi connectivity index (χ3v) is 7.11. The molecule has 0 spiro atoms. The van der Waals surface area contributed by atoms with E-state index < -0.39 is 10.0 Å². The molecule has 0 radical (unpaired) electrons. The van der Waals surface area contributed by atoms with Crippen molar-refractivity contribution in [2.24, 2.45) is 0 Å². The van der Waals surface area contributed by atoms with Gasteiger partial charge in [0.05, 0.1) is 22.0 Å². The average Bonchev–Trinajstić information content (AvgIpc) is 2.61. The lowest BCUT2D eigenvalue weighted by Gasteiger charge is -2.34. The molecule has 1 aromatic rings. The van der Waals surface area contributed by atoms with Crippen LogP contribution in [0.15, 0.2) is 18.2 Å². The van der Waals surface area contributed by atoms with Crippen molar-refractivity contribution in [2.45, 2.75) is 19.8 Å². The zero-order valence-corrected chi connectivity index (χ0v) is 16.0. The zero-order chi connectivity index (χ0) is 18.0. The Hall–Kier alpha value is -1.31. The van der Waals surface area contributed by atoms with E-state index in [1.165, 1.54) is 4.31 Å². The van der Waals surface area contributed by atoms with Crippen molar-refractivity contribution in [1.82, 2.24) is 9.80 Å². The minimum absolute atomic E-state index is 0.0891. The number of hydrogen-bond donors (Lipinski definition) is 0. The lowest BCUT2D eigenvalue weighted by Crippen LogP contribution is -2.48. The summed E-state index contributed by atoms with van der Waals surface area (Å²) in [7, 11) is -3.28. The Bertz CT molecular complexity index is 746. The van der Waals surface area contributed by atoms with E-state index in [9.17, 15) is 13.2 Å². The lowest BCUT2D eigenvalue weighted by atomic mass is 10.1. The maximum Gasteiger partial charge on any atom is 0.255 e. The molecule has 3 rings (SSSR count). The molecule has 2 heterocycles. The summed E-state index contributed by atoms with van der Waals surface area (Å²) < 4.78 is 25.8. The maximum absolute atomic E-state index is 12.7. The minimum Gasteiger partial charge on any atom is -0.336 e. The smallest absolute Gasteiger partial charge is 0.255 e. The molecule has 8 heteroatoms. The summed E-state index contributed by atoms with van der Waals surface area (Å²) in [5.41, 5.74) is 0.974. The monoisotopic (exact) mass is 385 g/mol. The van der Waals surface area contributed by atoms with Crippen LogP contribution in [0, 0.1) is 0 Å². The second-order valence-electron chi connectivity index (χ2n) is 6.49. The molecule has 1 aromatic carbocycles. The highest BCUT2D eigenvalue weighted by Gasteiger charge is 2.28. The number of piperazine rings is 1. The van der Waals surface area contributed by atoms with Crippen molar-refractivity contribution in [1.29, 1.82) is 0 Å². The van der Waals surface area contributed by atoms with E-state index in [2.05, 4.69) is 11.8 Å². The number of likely N-dealkylation sites (N-methyl/N-ethyl adjacent to an activating group) is 1. The quantitative estimate of drug-likeness (QED) is 0.798. The van der Waals surface area contributed by atoms with Crippen LogP contribution in [0.2, 0.25) is 5.02 Å². The molecule has 0 N–H and O–H groups in total. The van der Waals surface area contributed by atoms with E-state index in [-0.39, 0.29) is 11.7 Å². The largest absolute Gasteiger partial charge is 0.336 e. The third-order valence-electron chi connectivity index (χ3n) is 4.93. The molecule has 25 heavy (non-hydrogen) atoms. The number of carbonyl (C=O) groups is 1. The molecule has 2 aliphatic heterocycles. The van der Waals surface area contributed by atoms with Gasteiger partial charge in [0, 0.05) is 32.7 Å². The van der Waals surface area contributed by atoms with E-state index in [1.807, 2.05) is 4.90 Å². The second-order valence-corrected chi connectivity index (χ2v) is 8.91. The number of anilines is 1. The summed E-state index contributed by atoms with van der Waals surface area (Å²) >= 11 is 6.33. The van der Waals surface area contributed by atoms with Gasteiger partial charge < -0.3 is 9.80 Å². The Labute approximate surface area is 154 Å². The topological polar surface area (TPSA) is 60.9 Å². The summed E-state index contributed by atoms with van der Waals surface area (Å²) in [4.78, 5) is 16.8. The summed E-state index contributed by atoms with van der Waals surface area (Å²) in [6.45, 7) is 6.67. The van der Waals surface area contributed by atoms with Crippen LogP contribution in [0.3, 0.4) is 0 Å². The van der Waals surface area contributed by atoms with Crippen molar-refractivity contribution < 1.29 is 13.2 Å². The first-order valence-corrected chi connectivity index (χ1v) is 10.7. The van der Waals surface area contributed by atoms with Gasteiger partial charge in [-0.25, -0.2) is 8.42 Å². The Morgan fingerprint density at radius 1 is 1.12 bits per heavy atom. The van der Waals surface area contributed by atoms with Crippen molar-refractivity contribution in [2.75, 3.05) is 49.3 Å². The van der Waals surface area contributed by atoms with Gasteiger partial charge in [-0.2, -0.15) is 0 Å². The molecule has 0 unspecified atom stereocenters. The maximum atomic E-state index is 12.7. The van der Waals surface area contributed by atoms with E-state index in [0.717, 1.165) is 26.1 Å². The molecule has 0 aliphatic carbocycles. The van der Waals surface area contributed by atoms with Gasteiger partial charge in [-0.1, -0.05) is 18.5 Å². The van der Waals surface area contributed by atoms with E-state index >= 15 is 0 Å². The van der Waals surface area contributed by atoms with Crippen LogP contribution in [-0.2, 0) is 10.0 Å². The molecule has 2 fully saturated rings. The Morgan fingerprint density at radius 2 is 1.84 bits per heavy atom. The van der Waals surface area contributed by atoms with Crippen LogP contribution in [-0.4, -0.2) is 69.1 Å². The molecule has 1 amide bonds. The number of benzene rings is 1. The SMILES string of the molecule is CCN1CCN(C(=O)c2ccc(N3CCCCS3(=O)=O)cc2Cl)CC1. The van der Waals surface area contributed by atoms with E-state index in [4.69, 9.17) is 11.6 Å². The van der Waals surface area contributed by atoms with Crippen LogP contribution in [0.1, 0.15) is 30.1 Å². The number of sulfonamides is 1. The van der Waals surface area contributed by atoms with Crippen molar-refractivity contribution in [3.8, 4) is 0 Å². The number of amides is 1. The minimum atomic E-state index is -3.28. The summed E-state index contributed by atoms with van der Waals surface area (Å²) in [5.74, 6) is 0.0707. The van der Waals surface area contributed by atoms with Crippen molar-refractivity contribution in [3.63, 3.8) is 0 Å². The molecule has 6 nitrogen and oxygen atoms in total. The van der Waals surface area contributed by atoms with E-state index in [1.54, 1.807) is 18.2 Å². The fourth-order valence-electron chi connectivity index (χ4n) is 3.35. The van der Waals surface area contributed by atoms with Gasteiger partial charge >= 0.3 is 0 Å². The van der Waals surface area contributed by atoms with Crippen LogP contribution in [0.5, 0.6) is 0 Å². The van der Waals surface area contributed by atoms with Crippen LogP contribution >= 0.6 is 11.6 Å². The predicted octanol–water partition coefficient (Wildman–Crippen LogP) is 2.05. The van der Waals surface area contributed by atoms with Gasteiger partial charge in [0.1, 0.15) is 0 Å². The highest BCUT2D eigenvalue weighted by atomic mass is 35.5. The fourth-order valence-corrected chi connectivity index (χ4v) is 5.24. The number of halogens is 1. The zero-order valence-electron chi connectivity index (χ0n) is 14.4. The van der Waals surface area contributed by atoms with Gasteiger partial charge in [0.15, 0.2) is 0 Å². The first-order valence-electron chi connectivity index (χ1n) is 8.74. The third kappa shape index (κ3) is 3.93. The fraction of sp³-hybridized carbons (Fsp3) is 0.588. The van der Waals surface area contributed by atoms with Crippen molar-refractivity contribution in [3.05, 3.63) is 28.8 Å². The Balaban J connectivity index is 1.77. The molecular formula is C17H24ClN3O3S. The lowest BCUT2D eigenvalue weighted by molar-refractivity contribution is 0.0643. The van der Waals surface area contributed by atoms with Gasteiger partial charge in [0.2, 0.25) is 10.0 Å². The molecule has 138 valence electrons. The summed E-state index contributed by atoms with van der Waals surface area (Å²) in [5, 5.41) is 0.307. The van der Waals surface area contributed by atoms with Crippen LogP contribution in [0.4, 0.5) is 5.69 Å². The first kappa shape index (κ1) is 18.5. The Kier molecular flexibility index (Phi) is 5.55. The van der Waals surface area contributed by atoms with Gasteiger partial charge in [-0.05, 0) is 37.6 Å². The highest BCUT2D eigenvalue weighted by Crippen LogP contribution is 2.29. The molecule has 0 atom stereocenters. The molecule has 2 aliphatic rings. The Morgan fingerprint density at radius 3 is 2.44 bits per heavy atom. The second kappa shape index (κ2) is 7.51. The molecule has 0 saturated carbocycles. The number of hydrogen-bond acceptors (Lipinski definition) is 4. The van der Waals surface area contributed by atoms with E-state index in [0.29, 0.717) is 42.3 Å². The summed E-state index contributed by atoms with van der Waals surface area (Å²) in [6.07, 6.45) is 1.52. The number of nitrogens with zero attached hydrogens (tertiary/aromatic N) is 3. The van der Waals surface area contributed by atoms with Crippen LogP contribution < -0.4 is 4.31 Å². The molecule has 0 aromatic heterocycles. The van der Waals surface area contributed by atoms with Gasteiger partial charge in [0.25, 0.3) is 5.91 Å². The van der Waals surface area contributed by atoms with Crippen molar-refractivity contribution >= 4 is 33.2 Å². The molecule has 0 bridgehead atoms.